The molecule has 0 aromatic carbocycles. The molecule has 1 aliphatic carbocycles. The van der Waals surface area contributed by atoms with Crippen molar-refractivity contribution in [1.29, 1.82) is 0 Å². The van der Waals surface area contributed by atoms with Crippen LogP contribution < -0.4 is 0 Å². The van der Waals surface area contributed by atoms with Gasteiger partial charge in [-0.1, -0.05) is 12.2 Å². The van der Waals surface area contributed by atoms with Crippen molar-refractivity contribution >= 4 is 11.6 Å². The van der Waals surface area contributed by atoms with E-state index in [4.69, 9.17) is 21.8 Å². The molecule has 0 aliphatic heterocycles. The number of aliphatic hydroxyl groups excluding tert-OH is 2. The third-order valence-corrected chi connectivity index (χ3v) is 1.80. The maximum absolute atomic E-state index is 8.97. The van der Waals surface area contributed by atoms with Crippen LogP contribution >= 0.6 is 11.6 Å². The molecule has 0 spiro atoms. The van der Waals surface area contributed by atoms with Gasteiger partial charge in [0.15, 0.2) is 0 Å². The molecule has 0 bridgehead atoms. The van der Waals surface area contributed by atoms with Crippen LogP contribution in [0.25, 0.3) is 0 Å². The van der Waals surface area contributed by atoms with Crippen LogP contribution in [0.3, 0.4) is 0 Å². The molecule has 0 fully saturated rings. The second-order valence-corrected chi connectivity index (χ2v) is 2.76. The summed E-state index contributed by atoms with van der Waals surface area (Å²) < 4.78 is 0. The Kier molecular flexibility index (Phi) is 2.11. The largest absolute Gasteiger partial charge is 0.389 e. The van der Waals surface area contributed by atoms with E-state index in [0.717, 1.165) is 0 Å². The molecular weight excluding hydrogens is 140 g/mol. The summed E-state index contributed by atoms with van der Waals surface area (Å²) in [5.41, 5.74) is 0. The van der Waals surface area contributed by atoms with E-state index < -0.39 is 12.2 Å². The van der Waals surface area contributed by atoms with Crippen LogP contribution in [-0.2, 0) is 0 Å². The van der Waals surface area contributed by atoms with Gasteiger partial charge in [0, 0.05) is 0 Å². The van der Waals surface area contributed by atoms with Crippen molar-refractivity contribution in [2.75, 3.05) is 0 Å². The first-order chi connectivity index (χ1) is 4.20. The molecule has 52 valence electrons. The average Bonchev–Trinajstić information content (AvgIpc) is 1.80. The van der Waals surface area contributed by atoms with Crippen molar-refractivity contribution in [2.45, 2.75) is 24.0 Å². The van der Waals surface area contributed by atoms with E-state index in [0.29, 0.717) is 6.42 Å². The third kappa shape index (κ3) is 1.68. The lowest BCUT2D eigenvalue weighted by Crippen LogP contribution is -2.27. The van der Waals surface area contributed by atoms with Crippen LogP contribution in [0, 0.1) is 0 Å². The second-order valence-electron chi connectivity index (χ2n) is 2.19. The van der Waals surface area contributed by atoms with Gasteiger partial charge in [-0.15, -0.1) is 11.6 Å². The molecule has 2 nitrogen and oxygen atoms in total. The average molecular weight is 149 g/mol. The minimum absolute atomic E-state index is 0.329. The number of rotatable bonds is 0. The molecule has 3 atom stereocenters. The Hall–Kier alpha value is -0.0500. The zero-order valence-electron chi connectivity index (χ0n) is 4.87. The van der Waals surface area contributed by atoms with Crippen LogP contribution in [0.1, 0.15) is 6.42 Å². The summed E-state index contributed by atoms with van der Waals surface area (Å²) in [7, 11) is 0. The minimum Gasteiger partial charge on any atom is -0.389 e. The SMILES string of the molecule is OC1C=CC(O)C(Cl)C1. The topological polar surface area (TPSA) is 40.5 Å². The van der Waals surface area contributed by atoms with Crippen LogP contribution in [0.15, 0.2) is 12.2 Å². The summed E-state index contributed by atoms with van der Waals surface area (Å²) in [4.78, 5) is 0. The first kappa shape index (κ1) is 7.06. The Morgan fingerprint density at radius 2 is 2.00 bits per heavy atom. The van der Waals surface area contributed by atoms with E-state index >= 15 is 0 Å². The van der Waals surface area contributed by atoms with Crippen LogP contribution in [0.4, 0.5) is 0 Å². The van der Waals surface area contributed by atoms with Crippen molar-refractivity contribution < 1.29 is 10.2 Å². The highest BCUT2D eigenvalue weighted by Gasteiger charge is 2.20. The van der Waals surface area contributed by atoms with E-state index in [1.54, 1.807) is 6.08 Å². The highest BCUT2D eigenvalue weighted by atomic mass is 35.5. The van der Waals surface area contributed by atoms with E-state index in [-0.39, 0.29) is 5.38 Å². The van der Waals surface area contributed by atoms with E-state index in [1.165, 1.54) is 6.08 Å². The summed E-state index contributed by atoms with van der Waals surface area (Å²) in [5.74, 6) is 0. The lowest BCUT2D eigenvalue weighted by atomic mass is 10.0. The Labute approximate surface area is 58.8 Å². The predicted octanol–water partition coefficient (Wildman–Crippen LogP) is 0.275. The van der Waals surface area contributed by atoms with Crippen molar-refractivity contribution in [2.24, 2.45) is 0 Å². The quantitative estimate of drug-likeness (QED) is 0.383. The summed E-state index contributed by atoms with van der Waals surface area (Å²) in [6, 6.07) is 0. The summed E-state index contributed by atoms with van der Waals surface area (Å²) in [5, 5.41) is 17.6. The number of aliphatic hydroxyl groups is 2. The summed E-state index contributed by atoms with van der Waals surface area (Å²) in [6.45, 7) is 0. The van der Waals surface area contributed by atoms with Crippen molar-refractivity contribution in [1.82, 2.24) is 0 Å². The van der Waals surface area contributed by atoms with Gasteiger partial charge >= 0.3 is 0 Å². The molecule has 3 unspecified atom stereocenters. The van der Waals surface area contributed by atoms with Crippen LogP contribution in [0.2, 0.25) is 0 Å². The molecule has 0 radical (unpaired) electrons. The second kappa shape index (κ2) is 2.69. The maximum Gasteiger partial charge on any atom is 0.0886 e. The van der Waals surface area contributed by atoms with Gasteiger partial charge in [-0.3, -0.25) is 0 Å². The van der Waals surface area contributed by atoms with Gasteiger partial charge in [-0.25, -0.2) is 0 Å². The van der Waals surface area contributed by atoms with E-state index in [9.17, 15) is 0 Å². The fourth-order valence-electron chi connectivity index (χ4n) is 0.811. The molecule has 0 aromatic heterocycles. The Morgan fingerprint density at radius 3 is 2.44 bits per heavy atom. The highest BCUT2D eigenvalue weighted by molar-refractivity contribution is 6.21. The zero-order valence-corrected chi connectivity index (χ0v) is 5.62. The van der Waals surface area contributed by atoms with Gasteiger partial charge in [-0.05, 0) is 6.42 Å². The minimum atomic E-state index is -0.588. The summed E-state index contributed by atoms with van der Waals surface area (Å²) in [6.07, 6.45) is 2.46. The Balaban J connectivity index is 2.54. The number of hydrogen-bond donors (Lipinski definition) is 2. The standard InChI is InChI=1S/C6H9ClO2/c7-5-3-4(8)1-2-6(5)9/h1-2,4-6,8-9H,3H2. The van der Waals surface area contributed by atoms with Gasteiger partial charge in [0.2, 0.25) is 0 Å². The zero-order chi connectivity index (χ0) is 6.85. The first-order valence-corrected chi connectivity index (χ1v) is 3.32. The molecule has 0 saturated heterocycles. The van der Waals surface area contributed by atoms with Crippen molar-refractivity contribution in [3.63, 3.8) is 0 Å². The Bertz CT molecular complexity index is 124. The fraction of sp³-hybridized carbons (Fsp3) is 0.667. The molecule has 0 amide bonds. The molecule has 1 aliphatic rings. The van der Waals surface area contributed by atoms with Crippen molar-refractivity contribution in [3.8, 4) is 0 Å². The van der Waals surface area contributed by atoms with Crippen LogP contribution in [0.5, 0.6) is 0 Å². The predicted molar refractivity (Wildman–Crippen MR) is 35.4 cm³/mol. The lowest BCUT2D eigenvalue weighted by Gasteiger charge is -2.20. The van der Waals surface area contributed by atoms with Gasteiger partial charge in [0.1, 0.15) is 0 Å². The summed E-state index contributed by atoms with van der Waals surface area (Å²) >= 11 is 5.60. The van der Waals surface area contributed by atoms with Gasteiger partial charge in [0.05, 0.1) is 17.6 Å². The highest BCUT2D eigenvalue weighted by Crippen LogP contribution is 2.17. The molecule has 2 N–H and O–H groups in total. The first-order valence-electron chi connectivity index (χ1n) is 2.88. The molecule has 0 aromatic rings. The molecule has 3 heteroatoms. The fourth-order valence-corrected chi connectivity index (χ4v) is 1.08. The monoisotopic (exact) mass is 148 g/mol. The number of halogens is 1. The lowest BCUT2D eigenvalue weighted by molar-refractivity contribution is 0.149. The van der Waals surface area contributed by atoms with Crippen LogP contribution in [-0.4, -0.2) is 27.8 Å². The molecule has 0 saturated carbocycles. The normalized spacial score (nSPS) is 43.2. The van der Waals surface area contributed by atoms with Gasteiger partial charge in [0.25, 0.3) is 0 Å². The number of hydrogen-bond acceptors (Lipinski definition) is 2. The van der Waals surface area contributed by atoms with Gasteiger partial charge < -0.3 is 10.2 Å². The van der Waals surface area contributed by atoms with Crippen molar-refractivity contribution in [3.05, 3.63) is 12.2 Å². The Morgan fingerprint density at radius 1 is 1.33 bits per heavy atom. The number of alkyl halides is 1. The van der Waals surface area contributed by atoms with E-state index in [1.807, 2.05) is 0 Å². The smallest absolute Gasteiger partial charge is 0.0886 e. The molecule has 1 rings (SSSR count). The third-order valence-electron chi connectivity index (χ3n) is 1.37. The molecule has 9 heavy (non-hydrogen) atoms. The maximum atomic E-state index is 8.97. The van der Waals surface area contributed by atoms with E-state index in [2.05, 4.69) is 0 Å². The molecular formula is C6H9ClO2. The van der Waals surface area contributed by atoms with Gasteiger partial charge in [-0.2, -0.15) is 0 Å². The molecule has 0 heterocycles.